The first-order chi connectivity index (χ1) is 12.9. The number of halogens is 1. The fourth-order valence-electron chi connectivity index (χ4n) is 2.13. The van der Waals surface area contributed by atoms with Crippen molar-refractivity contribution in [2.24, 2.45) is 5.10 Å². The van der Waals surface area contributed by atoms with Crippen LogP contribution in [0, 0.1) is 6.92 Å². The maximum absolute atomic E-state index is 11.8. The average Bonchev–Trinajstić information content (AvgIpc) is 2.61. The van der Waals surface area contributed by atoms with Crippen molar-refractivity contribution in [2.45, 2.75) is 13.8 Å². The Bertz CT molecular complexity index is 867. The van der Waals surface area contributed by atoms with Gasteiger partial charge in [-0.25, -0.2) is 5.43 Å². The van der Waals surface area contributed by atoms with Gasteiger partial charge in [0.1, 0.15) is 5.75 Å². The van der Waals surface area contributed by atoms with Gasteiger partial charge in [-0.3, -0.25) is 9.59 Å². The molecule has 0 radical (unpaired) electrons. The number of amides is 1. The Morgan fingerprint density at radius 2 is 1.89 bits per heavy atom. The standard InChI is InChI=1S/C19H19BrN2O5/c1-12-8-15(20)5-7-16(12)26-11-19(24)22-21-10-14-4-6-17(27-13(2)23)18(9-14)25-3/h4-10H,11H2,1-3H3,(H,22,24)/b21-10+. The molecule has 1 N–H and O–H groups in total. The Hall–Kier alpha value is -2.87. The smallest absolute Gasteiger partial charge is 0.308 e. The number of methoxy groups -OCH3 is 1. The van der Waals surface area contributed by atoms with Crippen LogP contribution in [0.3, 0.4) is 0 Å². The minimum atomic E-state index is -0.442. The van der Waals surface area contributed by atoms with Crippen LogP contribution in [0.2, 0.25) is 0 Å². The minimum absolute atomic E-state index is 0.158. The molecule has 0 unspecified atom stereocenters. The molecule has 0 saturated carbocycles. The Kier molecular flexibility index (Phi) is 7.36. The summed E-state index contributed by atoms with van der Waals surface area (Å²) in [5.41, 5.74) is 3.96. The predicted molar refractivity (Wildman–Crippen MR) is 104 cm³/mol. The second-order valence-corrected chi connectivity index (χ2v) is 6.41. The first kappa shape index (κ1) is 20.4. The van der Waals surface area contributed by atoms with Crippen molar-refractivity contribution in [3.63, 3.8) is 0 Å². The molecule has 7 nitrogen and oxygen atoms in total. The van der Waals surface area contributed by atoms with Crippen LogP contribution in [0.5, 0.6) is 17.2 Å². The molecule has 0 aromatic heterocycles. The molecular formula is C19H19BrN2O5. The quantitative estimate of drug-likeness (QED) is 0.313. The fourth-order valence-corrected chi connectivity index (χ4v) is 2.61. The molecule has 0 aliphatic carbocycles. The van der Waals surface area contributed by atoms with Gasteiger partial charge >= 0.3 is 5.97 Å². The molecule has 142 valence electrons. The lowest BCUT2D eigenvalue weighted by Gasteiger charge is -2.09. The van der Waals surface area contributed by atoms with Crippen LogP contribution in [0.1, 0.15) is 18.1 Å². The van der Waals surface area contributed by atoms with Crippen LogP contribution in [-0.4, -0.2) is 31.8 Å². The lowest BCUT2D eigenvalue weighted by molar-refractivity contribution is -0.132. The lowest BCUT2D eigenvalue weighted by atomic mass is 10.2. The van der Waals surface area contributed by atoms with Crippen molar-refractivity contribution in [3.8, 4) is 17.2 Å². The van der Waals surface area contributed by atoms with Crippen LogP contribution >= 0.6 is 15.9 Å². The van der Waals surface area contributed by atoms with E-state index < -0.39 is 11.9 Å². The number of hydrogen-bond acceptors (Lipinski definition) is 6. The molecule has 0 aliphatic rings. The van der Waals surface area contributed by atoms with Crippen LogP contribution in [-0.2, 0) is 9.59 Å². The molecule has 2 aromatic carbocycles. The summed E-state index contributed by atoms with van der Waals surface area (Å²) in [5.74, 6) is 0.488. The van der Waals surface area contributed by atoms with Gasteiger partial charge in [-0.05, 0) is 54.4 Å². The first-order valence-corrected chi connectivity index (χ1v) is 8.75. The second-order valence-electron chi connectivity index (χ2n) is 5.50. The number of carbonyl (C=O) groups is 2. The summed E-state index contributed by atoms with van der Waals surface area (Å²) in [7, 11) is 1.46. The number of esters is 1. The predicted octanol–water partition coefficient (Wildman–Crippen LogP) is 3.22. The lowest BCUT2D eigenvalue weighted by Crippen LogP contribution is -2.24. The first-order valence-electron chi connectivity index (χ1n) is 7.96. The fraction of sp³-hybridized carbons (Fsp3) is 0.211. The SMILES string of the molecule is COc1cc(/C=N/NC(=O)COc2ccc(Br)cc2C)ccc1OC(C)=O. The van der Waals surface area contributed by atoms with Gasteiger partial charge in [0.05, 0.1) is 13.3 Å². The highest BCUT2D eigenvalue weighted by Gasteiger charge is 2.08. The Labute approximate surface area is 165 Å². The van der Waals surface area contributed by atoms with Gasteiger partial charge in [-0.15, -0.1) is 0 Å². The van der Waals surface area contributed by atoms with E-state index in [4.69, 9.17) is 14.2 Å². The van der Waals surface area contributed by atoms with Crippen molar-refractivity contribution < 1.29 is 23.8 Å². The van der Waals surface area contributed by atoms with Crippen LogP contribution in [0.4, 0.5) is 0 Å². The van der Waals surface area contributed by atoms with E-state index in [9.17, 15) is 9.59 Å². The van der Waals surface area contributed by atoms with E-state index in [1.807, 2.05) is 19.1 Å². The van der Waals surface area contributed by atoms with Crippen molar-refractivity contribution in [1.29, 1.82) is 0 Å². The molecule has 1 amide bonds. The number of hydrogen-bond donors (Lipinski definition) is 1. The third kappa shape index (κ3) is 6.41. The number of carbonyl (C=O) groups excluding carboxylic acids is 2. The van der Waals surface area contributed by atoms with Gasteiger partial charge in [-0.1, -0.05) is 15.9 Å². The van der Waals surface area contributed by atoms with Crippen LogP contribution < -0.4 is 19.6 Å². The highest BCUT2D eigenvalue weighted by Crippen LogP contribution is 2.27. The van der Waals surface area contributed by atoms with E-state index in [2.05, 4.69) is 26.5 Å². The van der Waals surface area contributed by atoms with Crippen molar-refractivity contribution in [2.75, 3.05) is 13.7 Å². The summed E-state index contributed by atoms with van der Waals surface area (Å²) in [6.07, 6.45) is 1.45. The third-order valence-corrected chi connectivity index (χ3v) is 3.83. The van der Waals surface area contributed by atoms with Gasteiger partial charge in [0.15, 0.2) is 18.1 Å². The van der Waals surface area contributed by atoms with E-state index in [-0.39, 0.29) is 6.61 Å². The molecule has 0 spiro atoms. The molecular weight excluding hydrogens is 416 g/mol. The maximum Gasteiger partial charge on any atom is 0.308 e. The second kappa shape index (κ2) is 9.72. The van der Waals surface area contributed by atoms with Crippen LogP contribution in [0.15, 0.2) is 46.0 Å². The summed E-state index contributed by atoms with van der Waals surface area (Å²) in [6.45, 7) is 3.04. The molecule has 27 heavy (non-hydrogen) atoms. The minimum Gasteiger partial charge on any atom is -0.493 e. The number of nitrogens with one attached hydrogen (secondary N) is 1. The van der Waals surface area contributed by atoms with Gasteiger partial charge in [0, 0.05) is 11.4 Å². The number of benzene rings is 2. The van der Waals surface area contributed by atoms with Crippen molar-refractivity contribution >= 4 is 34.0 Å². The zero-order valence-corrected chi connectivity index (χ0v) is 16.7. The number of hydrazone groups is 1. The highest BCUT2D eigenvalue weighted by molar-refractivity contribution is 9.10. The van der Waals surface area contributed by atoms with E-state index in [0.717, 1.165) is 10.0 Å². The van der Waals surface area contributed by atoms with Crippen LogP contribution in [0.25, 0.3) is 0 Å². The van der Waals surface area contributed by atoms with E-state index in [0.29, 0.717) is 22.8 Å². The topological polar surface area (TPSA) is 86.2 Å². The summed E-state index contributed by atoms with van der Waals surface area (Å²) in [5, 5.41) is 3.88. The van der Waals surface area contributed by atoms with Gasteiger partial charge in [0.25, 0.3) is 5.91 Å². The van der Waals surface area contributed by atoms with E-state index in [1.165, 1.54) is 20.2 Å². The summed E-state index contributed by atoms with van der Waals surface area (Å²) < 4.78 is 16.6. The largest absolute Gasteiger partial charge is 0.493 e. The molecule has 2 aromatic rings. The molecule has 0 aliphatic heterocycles. The van der Waals surface area contributed by atoms with Gasteiger partial charge in [-0.2, -0.15) is 5.10 Å². The zero-order chi connectivity index (χ0) is 19.8. The highest BCUT2D eigenvalue weighted by atomic mass is 79.9. The molecule has 8 heteroatoms. The van der Waals surface area contributed by atoms with Crippen molar-refractivity contribution in [3.05, 3.63) is 52.0 Å². The van der Waals surface area contributed by atoms with Gasteiger partial charge < -0.3 is 14.2 Å². The summed E-state index contributed by atoms with van der Waals surface area (Å²) >= 11 is 3.37. The molecule has 0 fully saturated rings. The normalized spacial score (nSPS) is 10.5. The third-order valence-electron chi connectivity index (χ3n) is 3.34. The average molecular weight is 435 g/mol. The molecule has 0 atom stereocenters. The number of aryl methyl sites for hydroxylation is 1. The maximum atomic E-state index is 11.8. The molecule has 0 heterocycles. The molecule has 0 saturated heterocycles. The number of rotatable bonds is 7. The Balaban J connectivity index is 1.90. The van der Waals surface area contributed by atoms with Gasteiger partial charge in [0.2, 0.25) is 0 Å². The molecule has 0 bridgehead atoms. The Morgan fingerprint density at radius 3 is 2.56 bits per heavy atom. The summed E-state index contributed by atoms with van der Waals surface area (Å²) in [6, 6.07) is 10.4. The molecule has 2 rings (SSSR count). The van der Waals surface area contributed by atoms with E-state index >= 15 is 0 Å². The zero-order valence-electron chi connectivity index (χ0n) is 15.1. The monoisotopic (exact) mass is 434 g/mol. The Morgan fingerprint density at radius 1 is 1.15 bits per heavy atom. The van der Waals surface area contributed by atoms with E-state index in [1.54, 1.807) is 24.3 Å². The van der Waals surface area contributed by atoms with Crippen molar-refractivity contribution in [1.82, 2.24) is 5.43 Å². The number of nitrogens with zero attached hydrogens (tertiary/aromatic N) is 1. The summed E-state index contributed by atoms with van der Waals surface area (Å²) in [4.78, 5) is 22.9. The number of ether oxygens (including phenoxy) is 3.